The minimum absolute atomic E-state index is 0.0194. The summed E-state index contributed by atoms with van der Waals surface area (Å²) in [5.41, 5.74) is 0.499. The van der Waals surface area contributed by atoms with Crippen LogP contribution in [-0.2, 0) is 26.2 Å². The molecule has 12 heteroatoms. The molecule has 0 aliphatic carbocycles. The number of methoxy groups -OCH3 is 1. The molecule has 1 aliphatic rings. The van der Waals surface area contributed by atoms with Crippen molar-refractivity contribution >= 4 is 34.4 Å². The zero-order chi connectivity index (χ0) is 33.2. The summed E-state index contributed by atoms with van der Waals surface area (Å²) in [7, 11) is 1.29. The molecule has 1 aliphatic heterocycles. The van der Waals surface area contributed by atoms with E-state index in [-0.39, 0.29) is 41.7 Å². The summed E-state index contributed by atoms with van der Waals surface area (Å²) in [6.45, 7) is 7.30. The van der Waals surface area contributed by atoms with E-state index in [4.69, 9.17) is 14.2 Å². The predicted molar refractivity (Wildman–Crippen MR) is 171 cm³/mol. The number of hydrogen-bond acceptors (Lipinski definition) is 9. The maximum atomic E-state index is 15.3. The fraction of sp³-hybridized carbons (Fsp3) is 0.294. The van der Waals surface area contributed by atoms with Crippen LogP contribution in [-0.4, -0.2) is 52.2 Å². The van der Waals surface area contributed by atoms with Gasteiger partial charge in [0.15, 0.2) is 16.6 Å². The van der Waals surface area contributed by atoms with E-state index in [2.05, 4.69) is 10.3 Å². The van der Waals surface area contributed by atoms with Crippen molar-refractivity contribution in [3.05, 3.63) is 88.7 Å². The number of fused-ring (bicyclic) bond motifs is 1. The molecule has 240 valence electrons. The Labute approximate surface area is 269 Å². The quantitative estimate of drug-likeness (QED) is 0.201. The van der Waals surface area contributed by atoms with Gasteiger partial charge in [-0.05, 0) is 87.2 Å². The van der Waals surface area contributed by atoms with Crippen molar-refractivity contribution < 1.29 is 38.1 Å². The number of esters is 1. The first-order valence-electron chi connectivity index (χ1n) is 14.5. The lowest BCUT2D eigenvalue weighted by molar-refractivity contribution is -0.119. The van der Waals surface area contributed by atoms with Gasteiger partial charge in [-0.25, -0.2) is 19.0 Å². The van der Waals surface area contributed by atoms with Gasteiger partial charge in [-0.3, -0.25) is 9.69 Å². The van der Waals surface area contributed by atoms with Gasteiger partial charge in [-0.2, -0.15) is 0 Å². The highest BCUT2D eigenvalue weighted by Crippen LogP contribution is 2.45. The first-order chi connectivity index (χ1) is 21.8. The fourth-order valence-electron chi connectivity index (χ4n) is 5.41. The van der Waals surface area contributed by atoms with Gasteiger partial charge in [0.25, 0.3) is 0 Å². The second-order valence-electron chi connectivity index (χ2n) is 12.0. The lowest BCUT2D eigenvalue weighted by Crippen LogP contribution is -2.54. The topological polar surface area (TPSA) is 127 Å². The van der Waals surface area contributed by atoms with Crippen molar-refractivity contribution in [3.8, 4) is 28.4 Å². The molecule has 0 saturated heterocycles. The van der Waals surface area contributed by atoms with Gasteiger partial charge in [-0.1, -0.05) is 12.1 Å². The molecule has 1 aromatic heterocycles. The second-order valence-corrected chi connectivity index (χ2v) is 12.9. The van der Waals surface area contributed by atoms with Crippen molar-refractivity contribution in [2.45, 2.75) is 51.7 Å². The minimum Gasteiger partial charge on any atom is -0.504 e. The Morgan fingerprint density at radius 3 is 2.48 bits per heavy atom. The van der Waals surface area contributed by atoms with Crippen LogP contribution < -0.4 is 10.1 Å². The van der Waals surface area contributed by atoms with Crippen LogP contribution in [0.1, 0.15) is 55.6 Å². The van der Waals surface area contributed by atoms with E-state index in [1.807, 2.05) is 0 Å². The summed E-state index contributed by atoms with van der Waals surface area (Å²) in [6.07, 6.45) is 1.24. The minimum atomic E-state index is -1.20. The predicted octanol–water partition coefficient (Wildman–Crippen LogP) is 7.27. The molecular weight excluding hydrogens is 613 g/mol. The third-order valence-corrected chi connectivity index (χ3v) is 8.24. The van der Waals surface area contributed by atoms with Gasteiger partial charge in [0, 0.05) is 29.8 Å². The number of halogens is 1. The zero-order valence-corrected chi connectivity index (χ0v) is 26.9. The van der Waals surface area contributed by atoms with Crippen molar-refractivity contribution in [3.63, 3.8) is 0 Å². The number of aromatic hydroxyl groups is 1. The monoisotopic (exact) mass is 647 g/mol. The SMILES string of the molecule is COC(=O)c1ccc(-c2ccc(Oc3cc4c(cc3O)CCN(C(=O)OC(C)(C)C)[C@]4(C)CC(=O)Nc3nccs3)cc2F)cc1. The fourth-order valence-corrected chi connectivity index (χ4v) is 5.96. The van der Waals surface area contributed by atoms with Crippen LogP contribution in [0.5, 0.6) is 17.2 Å². The lowest BCUT2D eigenvalue weighted by Gasteiger charge is -2.46. The number of nitrogens with zero attached hydrogens (tertiary/aromatic N) is 2. The van der Waals surface area contributed by atoms with Gasteiger partial charge in [-0.15, -0.1) is 11.3 Å². The van der Waals surface area contributed by atoms with E-state index < -0.39 is 29.0 Å². The Bertz CT molecular complexity index is 1770. The maximum absolute atomic E-state index is 15.3. The number of carbonyl (C=O) groups excluding carboxylic acids is 3. The molecule has 2 amide bonds. The Hall–Kier alpha value is -4.97. The number of aromatic nitrogens is 1. The zero-order valence-electron chi connectivity index (χ0n) is 26.0. The molecule has 0 unspecified atom stereocenters. The molecule has 1 atom stereocenters. The van der Waals surface area contributed by atoms with Crippen LogP contribution in [0.15, 0.2) is 66.2 Å². The highest BCUT2D eigenvalue weighted by Gasteiger charge is 2.45. The molecule has 0 radical (unpaired) electrons. The van der Waals surface area contributed by atoms with Crippen molar-refractivity contribution in [2.24, 2.45) is 0 Å². The van der Waals surface area contributed by atoms with Gasteiger partial charge >= 0.3 is 12.1 Å². The van der Waals surface area contributed by atoms with Crippen molar-refractivity contribution in [1.82, 2.24) is 9.88 Å². The smallest absolute Gasteiger partial charge is 0.411 e. The Kier molecular flexibility index (Phi) is 9.02. The van der Waals surface area contributed by atoms with E-state index in [9.17, 15) is 19.5 Å². The summed E-state index contributed by atoms with van der Waals surface area (Å²) in [6, 6.07) is 13.7. The highest BCUT2D eigenvalue weighted by molar-refractivity contribution is 7.13. The molecular formula is C34H34FN3O7S. The normalized spacial score (nSPS) is 15.9. The Morgan fingerprint density at radius 2 is 1.85 bits per heavy atom. The maximum Gasteiger partial charge on any atom is 0.411 e. The Balaban J connectivity index is 1.46. The first kappa shape index (κ1) is 32.4. The lowest BCUT2D eigenvalue weighted by atomic mass is 9.79. The van der Waals surface area contributed by atoms with E-state index in [0.29, 0.717) is 28.2 Å². The van der Waals surface area contributed by atoms with Crippen LogP contribution in [0.4, 0.5) is 14.3 Å². The van der Waals surface area contributed by atoms with Crippen LogP contribution in [0.2, 0.25) is 0 Å². The summed E-state index contributed by atoms with van der Waals surface area (Å²) < 4.78 is 31.7. The standard InChI is InChI=1S/C34H34FN3O7S/c1-33(2,3)45-32(42)38-14-12-22-16-27(39)28(18-25(22)34(38,4)19-29(40)37-31-36-13-15-46-31)44-23-10-11-24(26(35)17-23)20-6-8-21(9-7-20)30(41)43-5/h6-11,13,15-18,39H,12,14,19H2,1-5H3,(H,36,37,40)/t34-/m1/s1. The van der Waals surface area contributed by atoms with Gasteiger partial charge < -0.3 is 24.6 Å². The Morgan fingerprint density at radius 1 is 1.11 bits per heavy atom. The molecule has 46 heavy (non-hydrogen) atoms. The van der Waals surface area contributed by atoms with E-state index in [1.165, 1.54) is 35.5 Å². The second kappa shape index (κ2) is 12.8. The first-order valence-corrected chi connectivity index (χ1v) is 15.4. The highest BCUT2D eigenvalue weighted by atomic mass is 32.1. The number of hydrogen-bond donors (Lipinski definition) is 2. The summed E-state index contributed by atoms with van der Waals surface area (Å²) >= 11 is 1.27. The summed E-state index contributed by atoms with van der Waals surface area (Å²) in [5, 5.41) is 15.9. The number of anilines is 1. The number of thiazole rings is 1. The molecule has 0 saturated carbocycles. The number of phenols is 1. The molecule has 5 rings (SSSR count). The summed E-state index contributed by atoms with van der Waals surface area (Å²) in [5.74, 6) is -1.49. The average Bonchev–Trinajstić information content (AvgIpc) is 3.49. The third-order valence-electron chi connectivity index (χ3n) is 7.55. The van der Waals surface area contributed by atoms with Gasteiger partial charge in [0.05, 0.1) is 24.6 Å². The van der Waals surface area contributed by atoms with E-state index >= 15 is 4.39 Å². The number of ether oxygens (including phenoxy) is 3. The number of nitrogens with one attached hydrogen (secondary N) is 1. The average molecular weight is 648 g/mol. The number of amides is 2. The number of phenolic OH excluding ortho intramolecular Hbond substituents is 1. The third kappa shape index (κ3) is 6.96. The number of carbonyl (C=O) groups is 3. The van der Waals surface area contributed by atoms with E-state index in [1.54, 1.807) is 81.7 Å². The number of benzene rings is 3. The van der Waals surface area contributed by atoms with Crippen molar-refractivity contribution in [1.29, 1.82) is 0 Å². The molecule has 0 fully saturated rings. The van der Waals surface area contributed by atoms with E-state index in [0.717, 1.165) is 5.56 Å². The molecule has 2 N–H and O–H groups in total. The van der Waals surface area contributed by atoms with Crippen LogP contribution in [0.25, 0.3) is 11.1 Å². The largest absolute Gasteiger partial charge is 0.504 e. The van der Waals surface area contributed by atoms with Crippen LogP contribution >= 0.6 is 11.3 Å². The van der Waals surface area contributed by atoms with Crippen LogP contribution in [0, 0.1) is 5.82 Å². The van der Waals surface area contributed by atoms with Gasteiger partial charge in [0.1, 0.15) is 17.2 Å². The molecule has 4 aromatic rings. The molecule has 3 aromatic carbocycles. The van der Waals surface area contributed by atoms with Gasteiger partial charge in [0.2, 0.25) is 5.91 Å². The van der Waals surface area contributed by atoms with Crippen molar-refractivity contribution in [2.75, 3.05) is 19.0 Å². The van der Waals surface area contributed by atoms with Crippen LogP contribution in [0.3, 0.4) is 0 Å². The molecule has 0 spiro atoms. The molecule has 0 bridgehead atoms. The molecule has 2 heterocycles. The number of rotatable bonds is 7. The summed E-state index contributed by atoms with van der Waals surface area (Å²) in [4.78, 5) is 44.1. The molecule has 10 nitrogen and oxygen atoms in total.